The Morgan fingerprint density at radius 3 is 2.58 bits per heavy atom. The van der Waals surface area contributed by atoms with Gasteiger partial charge in [-0.1, -0.05) is 69.4 Å². The maximum absolute atomic E-state index is 13.2. The predicted octanol–water partition coefficient (Wildman–Crippen LogP) is 5.19. The molecule has 1 aliphatic rings. The van der Waals surface area contributed by atoms with Crippen molar-refractivity contribution in [3.8, 4) is 11.3 Å². The normalized spacial score (nSPS) is 14.7. The zero-order valence-corrected chi connectivity index (χ0v) is 16.2. The van der Waals surface area contributed by atoms with Gasteiger partial charge in [-0.25, -0.2) is 0 Å². The summed E-state index contributed by atoms with van der Waals surface area (Å²) in [6.07, 6.45) is 9.10. The molecule has 0 atom stereocenters. The molecule has 1 saturated carbocycles. The van der Waals surface area contributed by atoms with E-state index in [2.05, 4.69) is 30.2 Å². The van der Waals surface area contributed by atoms with Gasteiger partial charge in [0.05, 0.1) is 5.69 Å². The lowest BCUT2D eigenvalue weighted by Gasteiger charge is -2.25. The quantitative estimate of drug-likeness (QED) is 0.613. The smallest absolute Gasteiger partial charge is 0.231 e. The van der Waals surface area contributed by atoms with Crippen molar-refractivity contribution in [3.63, 3.8) is 0 Å². The molecule has 3 rings (SSSR count). The van der Waals surface area contributed by atoms with Crippen molar-refractivity contribution >= 4 is 11.7 Å². The first-order valence-corrected chi connectivity index (χ1v) is 10.1. The predicted molar refractivity (Wildman–Crippen MR) is 107 cm³/mol. The molecule has 26 heavy (non-hydrogen) atoms. The molecule has 0 unspecified atom stereocenters. The SMILES string of the molecule is CCCCCCN(C(=O)C1CCCC1)c1cc(-c2ccccc2)nn1C. The number of aromatic nitrogens is 2. The van der Waals surface area contributed by atoms with E-state index in [9.17, 15) is 4.79 Å². The van der Waals surface area contributed by atoms with Crippen molar-refractivity contribution in [2.24, 2.45) is 13.0 Å². The number of hydrogen-bond donors (Lipinski definition) is 0. The number of carbonyl (C=O) groups is 1. The fourth-order valence-corrected chi connectivity index (χ4v) is 3.89. The highest BCUT2D eigenvalue weighted by atomic mass is 16.2. The lowest BCUT2D eigenvalue weighted by atomic mass is 10.1. The molecule has 0 spiro atoms. The van der Waals surface area contributed by atoms with Crippen LogP contribution in [0.3, 0.4) is 0 Å². The van der Waals surface area contributed by atoms with Gasteiger partial charge in [0, 0.05) is 31.1 Å². The number of amides is 1. The molecular formula is C22H31N3O. The summed E-state index contributed by atoms with van der Waals surface area (Å²) in [5.74, 6) is 1.41. The van der Waals surface area contributed by atoms with Crippen LogP contribution in [0.4, 0.5) is 5.82 Å². The number of rotatable bonds is 8. The van der Waals surface area contributed by atoms with Crippen LogP contribution in [-0.4, -0.2) is 22.2 Å². The Balaban J connectivity index is 1.83. The summed E-state index contributed by atoms with van der Waals surface area (Å²) in [4.78, 5) is 15.2. The number of hydrogen-bond acceptors (Lipinski definition) is 2. The average Bonchev–Trinajstić information content (AvgIpc) is 3.32. The molecule has 1 aromatic carbocycles. The van der Waals surface area contributed by atoms with E-state index in [1.54, 1.807) is 0 Å². The van der Waals surface area contributed by atoms with Gasteiger partial charge in [-0.05, 0) is 19.3 Å². The molecule has 140 valence electrons. The minimum Gasteiger partial charge on any atom is -0.297 e. The molecule has 0 N–H and O–H groups in total. The maximum atomic E-state index is 13.2. The highest BCUT2D eigenvalue weighted by Gasteiger charge is 2.29. The Bertz CT molecular complexity index is 701. The van der Waals surface area contributed by atoms with Crippen LogP contribution >= 0.6 is 0 Å². The van der Waals surface area contributed by atoms with Gasteiger partial charge in [-0.15, -0.1) is 0 Å². The van der Waals surface area contributed by atoms with Crippen molar-refractivity contribution in [2.75, 3.05) is 11.4 Å². The van der Waals surface area contributed by atoms with Gasteiger partial charge < -0.3 is 0 Å². The fraction of sp³-hybridized carbons (Fsp3) is 0.545. The molecular weight excluding hydrogens is 322 g/mol. The molecule has 4 heteroatoms. The largest absolute Gasteiger partial charge is 0.297 e. The summed E-state index contributed by atoms with van der Waals surface area (Å²) in [6.45, 7) is 3.01. The molecule has 1 amide bonds. The van der Waals surface area contributed by atoms with Crippen LogP contribution in [0, 0.1) is 5.92 Å². The van der Waals surface area contributed by atoms with Crippen molar-refractivity contribution in [2.45, 2.75) is 58.3 Å². The molecule has 1 fully saturated rings. The fourth-order valence-electron chi connectivity index (χ4n) is 3.89. The Morgan fingerprint density at radius 2 is 1.88 bits per heavy atom. The van der Waals surface area contributed by atoms with E-state index in [0.29, 0.717) is 5.91 Å². The molecule has 1 heterocycles. The Kier molecular flexibility index (Phi) is 6.48. The highest BCUT2D eigenvalue weighted by Crippen LogP contribution is 2.30. The minimum absolute atomic E-state index is 0.191. The van der Waals surface area contributed by atoms with Gasteiger partial charge in [0.25, 0.3) is 0 Å². The second-order valence-electron chi connectivity index (χ2n) is 7.41. The van der Waals surface area contributed by atoms with Crippen LogP contribution in [0.1, 0.15) is 58.3 Å². The third-order valence-corrected chi connectivity index (χ3v) is 5.41. The van der Waals surface area contributed by atoms with Gasteiger partial charge in [0.2, 0.25) is 5.91 Å². The average molecular weight is 354 g/mol. The zero-order valence-electron chi connectivity index (χ0n) is 16.2. The summed E-state index contributed by atoms with van der Waals surface area (Å²) in [5.41, 5.74) is 2.02. The number of carbonyl (C=O) groups excluding carboxylic acids is 1. The van der Waals surface area contributed by atoms with E-state index < -0.39 is 0 Å². The van der Waals surface area contributed by atoms with Crippen LogP contribution in [0.25, 0.3) is 11.3 Å². The lowest BCUT2D eigenvalue weighted by molar-refractivity contribution is -0.122. The molecule has 0 aliphatic heterocycles. The summed E-state index contributed by atoms with van der Waals surface area (Å²) >= 11 is 0. The van der Waals surface area contributed by atoms with Gasteiger partial charge in [-0.2, -0.15) is 5.10 Å². The van der Waals surface area contributed by atoms with E-state index in [1.807, 2.05) is 34.8 Å². The second kappa shape index (κ2) is 9.02. The van der Waals surface area contributed by atoms with Crippen molar-refractivity contribution < 1.29 is 4.79 Å². The highest BCUT2D eigenvalue weighted by molar-refractivity contribution is 5.95. The number of unbranched alkanes of at least 4 members (excludes halogenated alkanes) is 3. The Morgan fingerprint density at radius 1 is 1.15 bits per heavy atom. The molecule has 4 nitrogen and oxygen atoms in total. The standard InChI is InChI=1S/C22H31N3O/c1-3-4-5-11-16-25(22(26)19-14-9-10-15-19)21-17-20(23-24(21)2)18-12-7-6-8-13-18/h6-8,12-13,17,19H,3-5,9-11,14-16H2,1-2H3. The molecule has 2 aromatic rings. The van der Waals surface area contributed by atoms with Crippen LogP contribution in [-0.2, 0) is 11.8 Å². The number of benzene rings is 1. The summed E-state index contributed by atoms with van der Waals surface area (Å²) in [5, 5.41) is 4.68. The van der Waals surface area contributed by atoms with Crippen molar-refractivity contribution in [1.29, 1.82) is 0 Å². The number of anilines is 1. The molecule has 1 aromatic heterocycles. The summed E-state index contributed by atoms with van der Waals surface area (Å²) < 4.78 is 1.87. The van der Waals surface area contributed by atoms with E-state index in [-0.39, 0.29) is 5.92 Å². The van der Waals surface area contributed by atoms with E-state index >= 15 is 0 Å². The van der Waals surface area contributed by atoms with Gasteiger partial charge in [0.1, 0.15) is 5.82 Å². The first kappa shape index (κ1) is 18.7. The third-order valence-electron chi connectivity index (χ3n) is 5.41. The van der Waals surface area contributed by atoms with Crippen LogP contribution in [0.2, 0.25) is 0 Å². The van der Waals surface area contributed by atoms with Crippen LogP contribution in [0.5, 0.6) is 0 Å². The molecule has 1 aliphatic carbocycles. The van der Waals surface area contributed by atoms with Gasteiger partial charge in [-0.3, -0.25) is 14.4 Å². The van der Waals surface area contributed by atoms with Gasteiger partial charge >= 0.3 is 0 Å². The first-order valence-electron chi connectivity index (χ1n) is 10.1. The topological polar surface area (TPSA) is 38.1 Å². The summed E-state index contributed by atoms with van der Waals surface area (Å²) in [7, 11) is 1.95. The maximum Gasteiger partial charge on any atom is 0.231 e. The van der Waals surface area contributed by atoms with Crippen molar-refractivity contribution in [3.05, 3.63) is 36.4 Å². The van der Waals surface area contributed by atoms with E-state index in [0.717, 1.165) is 42.9 Å². The number of nitrogens with zero attached hydrogens (tertiary/aromatic N) is 3. The van der Waals surface area contributed by atoms with E-state index in [4.69, 9.17) is 0 Å². The van der Waals surface area contributed by atoms with E-state index in [1.165, 1.54) is 32.1 Å². The van der Waals surface area contributed by atoms with Crippen molar-refractivity contribution in [1.82, 2.24) is 9.78 Å². The molecule has 0 radical (unpaired) electrons. The zero-order chi connectivity index (χ0) is 18.4. The third kappa shape index (κ3) is 4.35. The van der Waals surface area contributed by atoms with Crippen LogP contribution < -0.4 is 4.90 Å². The minimum atomic E-state index is 0.191. The summed E-state index contributed by atoms with van der Waals surface area (Å²) in [6, 6.07) is 12.3. The molecule has 0 saturated heterocycles. The first-order chi connectivity index (χ1) is 12.7. The van der Waals surface area contributed by atoms with Gasteiger partial charge in [0.15, 0.2) is 0 Å². The Labute approximate surface area is 157 Å². The molecule has 0 bridgehead atoms. The monoisotopic (exact) mass is 353 g/mol. The lowest BCUT2D eigenvalue weighted by Crippen LogP contribution is -2.37. The Hall–Kier alpha value is -2.10. The number of aryl methyl sites for hydroxylation is 1. The second-order valence-corrected chi connectivity index (χ2v) is 7.41. The van der Waals surface area contributed by atoms with Crippen LogP contribution in [0.15, 0.2) is 36.4 Å².